The van der Waals surface area contributed by atoms with Crippen LogP contribution in [-0.4, -0.2) is 12.6 Å². The lowest BCUT2D eigenvalue weighted by atomic mass is 10.3. The van der Waals surface area contributed by atoms with Crippen molar-refractivity contribution in [3.63, 3.8) is 0 Å². The molecule has 0 heterocycles. The molecule has 1 atom stereocenters. The predicted molar refractivity (Wildman–Crippen MR) is 71.4 cm³/mol. The minimum atomic E-state index is -0.330. The number of para-hydroxylation sites is 2. The molecule has 0 saturated carbocycles. The number of halogens is 1. The van der Waals surface area contributed by atoms with Gasteiger partial charge in [0.25, 0.3) is 0 Å². The van der Waals surface area contributed by atoms with Gasteiger partial charge < -0.3 is 10.1 Å². The van der Waals surface area contributed by atoms with Gasteiger partial charge >= 0.3 is 0 Å². The molecule has 0 fully saturated rings. The molecule has 94 valence electrons. The van der Waals surface area contributed by atoms with Crippen molar-refractivity contribution < 1.29 is 9.13 Å². The average molecular weight is 245 g/mol. The highest BCUT2D eigenvalue weighted by atomic mass is 19.1. The van der Waals surface area contributed by atoms with E-state index in [1.54, 1.807) is 18.2 Å². The number of ether oxygens (including phenoxy) is 1. The molecule has 0 spiro atoms. The molecule has 0 aromatic heterocycles. The monoisotopic (exact) mass is 245 g/mol. The van der Waals surface area contributed by atoms with Crippen LogP contribution in [0.2, 0.25) is 0 Å². The Morgan fingerprint density at radius 1 is 1.06 bits per heavy atom. The number of nitrogens with one attached hydrogen (secondary N) is 1. The van der Waals surface area contributed by atoms with E-state index >= 15 is 0 Å². The van der Waals surface area contributed by atoms with E-state index in [2.05, 4.69) is 5.32 Å². The lowest BCUT2D eigenvalue weighted by molar-refractivity contribution is 0.224. The summed E-state index contributed by atoms with van der Waals surface area (Å²) in [5.74, 6) is -0.0380. The summed E-state index contributed by atoms with van der Waals surface area (Å²) in [7, 11) is 0. The van der Waals surface area contributed by atoms with Crippen molar-refractivity contribution in [3.8, 4) is 5.75 Å². The zero-order valence-electron chi connectivity index (χ0n) is 10.3. The Morgan fingerprint density at radius 2 is 1.72 bits per heavy atom. The third-order valence-corrected chi connectivity index (χ3v) is 2.53. The lowest BCUT2D eigenvalue weighted by Gasteiger charge is -2.16. The highest BCUT2D eigenvalue weighted by Gasteiger charge is 2.07. The smallest absolute Gasteiger partial charge is 0.165 e. The van der Waals surface area contributed by atoms with Gasteiger partial charge in [0.1, 0.15) is 6.10 Å². The van der Waals surface area contributed by atoms with Crippen LogP contribution in [0.3, 0.4) is 0 Å². The van der Waals surface area contributed by atoms with Crippen LogP contribution >= 0.6 is 0 Å². The molecule has 0 aliphatic heterocycles. The van der Waals surface area contributed by atoms with Crippen LogP contribution in [0.5, 0.6) is 5.75 Å². The predicted octanol–water partition coefficient (Wildman–Crippen LogP) is 3.71. The van der Waals surface area contributed by atoms with E-state index in [1.807, 2.05) is 37.3 Å². The summed E-state index contributed by atoms with van der Waals surface area (Å²) in [6.45, 7) is 2.53. The summed E-state index contributed by atoms with van der Waals surface area (Å²) in [6.07, 6.45) is -0.109. The topological polar surface area (TPSA) is 21.3 Å². The Labute approximate surface area is 106 Å². The van der Waals surface area contributed by atoms with E-state index in [0.29, 0.717) is 12.3 Å². The minimum Gasteiger partial charge on any atom is -0.486 e. The van der Waals surface area contributed by atoms with Crippen molar-refractivity contribution >= 4 is 5.69 Å². The molecule has 2 rings (SSSR count). The Hall–Kier alpha value is -2.03. The fourth-order valence-corrected chi connectivity index (χ4v) is 1.62. The van der Waals surface area contributed by atoms with Gasteiger partial charge in [-0.25, -0.2) is 4.39 Å². The van der Waals surface area contributed by atoms with Gasteiger partial charge in [-0.3, -0.25) is 0 Å². The number of hydrogen-bond donors (Lipinski definition) is 1. The van der Waals surface area contributed by atoms with E-state index < -0.39 is 0 Å². The Kier molecular flexibility index (Phi) is 4.18. The normalized spacial score (nSPS) is 11.9. The molecule has 0 aliphatic rings. The first kappa shape index (κ1) is 12.4. The Morgan fingerprint density at radius 3 is 2.44 bits per heavy atom. The zero-order chi connectivity index (χ0) is 12.8. The third-order valence-electron chi connectivity index (χ3n) is 2.53. The van der Waals surface area contributed by atoms with Crippen molar-refractivity contribution in [2.24, 2.45) is 0 Å². The van der Waals surface area contributed by atoms with E-state index in [4.69, 9.17) is 4.74 Å². The van der Waals surface area contributed by atoms with Gasteiger partial charge in [0.15, 0.2) is 11.6 Å². The van der Waals surface area contributed by atoms with Gasteiger partial charge in [-0.2, -0.15) is 0 Å². The third kappa shape index (κ3) is 3.48. The van der Waals surface area contributed by atoms with Crippen LogP contribution in [0.25, 0.3) is 0 Å². The second kappa shape index (κ2) is 6.05. The summed E-state index contributed by atoms with van der Waals surface area (Å²) < 4.78 is 18.9. The molecule has 1 N–H and O–H groups in total. The first-order chi connectivity index (χ1) is 8.75. The van der Waals surface area contributed by atoms with Gasteiger partial charge in [0.2, 0.25) is 0 Å². The number of rotatable bonds is 5. The first-order valence-corrected chi connectivity index (χ1v) is 5.96. The molecule has 0 saturated heterocycles. The largest absolute Gasteiger partial charge is 0.486 e. The maximum atomic E-state index is 13.4. The van der Waals surface area contributed by atoms with Crippen molar-refractivity contribution in [2.75, 3.05) is 11.9 Å². The second-order valence-electron chi connectivity index (χ2n) is 4.11. The molecule has 0 radical (unpaired) electrons. The highest BCUT2D eigenvalue weighted by Crippen LogP contribution is 2.17. The molecule has 2 nitrogen and oxygen atoms in total. The van der Waals surface area contributed by atoms with E-state index in [0.717, 1.165) is 5.69 Å². The van der Waals surface area contributed by atoms with Crippen LogP contribution < -0.4 is 10.1 Å². The second-order valence-corrected chi connectivity index (χ2v) is 4.11. The fourth-order valence-electron chi connectivity index (χ4n) is 1.62. The van der Waals surface area contributed by atoms with Crippen LogP contribution in [-0.2, 0) is 0 Å². The summed E-state index contributed by atoms with van der Waals surface area (Å²) in [4.78, 5) is 0. The van der Waals surface area contributed by atoms with Crippen LogP contribution in [0.4, 0.5) is 10.1 Å². The standard InChI is InChI=1S/C15H16FNO/c1-12(11-17-13-7-3-2-4-8-13)18-15-10-6-5-9-14(15)16/h2-10,12,17H,11H2,1H3. The van der Waals surface area contributed by atoms with Crippen LogP contribution in [0.15, 0.2) is 54.6 Å². The summed E-state index contributed by atoms with van der Waals surface area (Å²) >= 11 is 0. The molecule has 3 heteroatoms. The van der Waals surface area contributed by atoms with Gasteiger partial charge in [0, 0.05) is 5.69 Å². The van der Waals surface area contributed by atoms with E-state index in [-0.39, 0.29) is 11.9 Å². The van der Waals surface area contributed by atoms with Gasteiger partial charge in [-0.15, -0.1) is 0 Å². The summed E-state index contributed by atoms with van der Waals surface area (Å²) in [5.41, 5.74) is 1.03. The molecular formula is C15H16FNO. The highest BCUT2D eigenvalue weighted by molar-refractivity contribution is 5.42. The quantitative estimate of drug-likeness (QED) is 0.867. The summed E-state index contributed by atoms with van der Waals surface area (Å²) in [6, 6.07) is 16.3. The average Bonchev–Trinajstić information content (AvgIpc) is 2.40. The van der Waals surface area contributed by atoms with Gasteiger partial charge in [0.05, 0.1) is 6.54 Å². The Balaban J connectivity index is 1.86. The molecule has 2 aromatic rings. The van der Waals surface area contributed by atoms with Crippen molar-refractivity contribution in [2.45, 2.75) is 13.0 Å². The fraction of sp³-hybridized carbons (Fsp3) is 0.200. The maximum Gasteiger partial charge on any atom is 0.165 e. The van der Waals surface area contributed by atoms with Crippen LogP contribution in [0, 0.1) is 5.82 Å². The molecule has 18 heavy (non-hydrogen) atoms. The lowest BCUT2D eigenvalue weighted by Crippen LogP contribution is -2.23. The van der Waals surface area contributed by atoms with Crippen LogP contribution in [0.1, 0.15) is 6.92 Å². The first-order valence-electron chi connectivity index (χ1n) is 5.96. The van der Waals surface area contributed by atoms with Gasteiger partial charge in [-0.05, 0) is 31.2 Å². The molecule has 0 amide bonds. The number of hydrogen-bond acceptors (Lipinski definition) is 2. The van der Waals surface area contributed by atoms with Crippen molar-refractivity contribution in [1.82, 2.24) is 0 Å². The van der Waals surface area contributed by atoms with Crippen molar-refractivity contribution in [3.05, 3.63) is 60.4 Å². The van der Waals surface area contributed by atoms with E-state index in [9.17, 15) is 4.39 Å². The minimum absolute atomic E-state index is 0.109. The van der Waals surface area contributed by atoms with Gasteiger partial charge in [-0.1, -0.05) is 30.3 Å². The molecular weight excluding hydrogens is 229 g/mol. The Bertz CT molecular complexity index is 487. The zero-order valence-corrected chi connectivity index (χ0v) is 10.3. The molecule has 2 aromatic carbocycles. The van der Waals surface area contributed by atoms with Crippen molar-refractivity contribution in [1.29, 1.82) is 0 Å². The molecule has 1 unspecified atom stereocenters. The van der Waals surface area contributed by atoms with E-state index in [1.165, 1.54) is 6.07 Å². The number of benzene rings is 2. The molecule has 0 aliphatic carbocycles. The number of anilines is 1. The maximum absolute atomic E-state index is 13.4. The summed E-state index contributed by atoms with van der Waals surface area (Å²) in [5, 5.41) is 3.24. The molecule has 0 bridgehead atoms. The SMILES string of the molecule is CC(CNc1ccccc1)Oc1ccccc1F.